The fourth-order valence-electron chi connectivity index (χ4n) is 1.37. The van der Waals surface area contributed by atoms with Gasteiger partial charge in [0.2, 0.25) is 0 Å². The molecule has 0 unspecified atom stereocenters. The first kappa shape index (κ1) is 14.9. The van der Waals surface area contributed by atoms with Gasteiger partial charge in [0.1, 0.15) is 0 Å². The minimum Gasteiger partial charge on any atom is -0.448 e. The number of nitrogens with zero attached hydrogens (tertiary/aromatic N) is 1. The van der Waals surface area contributed by atoms with E-state index in [2.05, 4.69) is 4.99 Å². The van der Waals surface area contributed by atoms with E-state index in [4.69, 9.17) is 4.74 Å². The minimum absolute atomic E-state index is 0.179. The molecule has 1 aromatic heterocycles. The van der Waals surface area contributed by atoms with Crippen LogP contribution in [-0.2, 0) is 4.74 Å². The van der Waals surface area contributed by atoms with Crippen LogP contribution in [0.5, 0.6) is 0 Å². The summed E-state index contributed by atoms with van der Waals surface area (Å²) in [5.74, 6) is 0.323. The van der Waals surface area contributed by atoms with Gasteiger partial charge in [-0.25, -0.2) is 4.79 Å². The van der Waals surface area contributed by atoms with Crippen LogP contribution in [0.2, 0.25) is 0 Å². The molecule has 0 spiro atoms. The molecule has 0 atom stereocenters. The van der Waals surface area contributed by atoms with Gasteiger partial charge in [0.05, 0.1) is 12.3 Å². The van der Waals surface area contributed by atoms with E-state index in [1.54, 1.807) is 11.3 Å². The van der Waals surface area contributed by atoms with Gasteiger partial charge in [-0.15, -0.1) is 11.3 Å². The molecule has 0 fully saturated rings. The topological polar surface area (TPSA) is 38.7 Å². The Balaban J connectivity index is 2.88. The van der Waals surface area contributed by atoms with Crippen molar-refractivity contribution in [1.82, 2.24) is 0 Å². The van der Waals surface area contributed by atoms with Gasteiger partial charge >= 0.3 is 6.09 Å². The smallest absolute Gasteiger partial charge is 0.433 e. The van der Waals surface area contributed by atoms with Crippen molar-refractivity contribution in [3.8, 4) is 0 Å². The number of rotatable bonds is 3. The Labute approximate surface area is 113 Å². The molecular weight excluding hydrogens is 246 g/mol. The van der Waals surface area contributed by atoms with Gasteiger partial charge in [-0.2, -0.15) is 4.99 Å². The number of amides is 1. The number of ether oxygens (including phenoxy) is 1. The Kier molecular flexibility index (Phi) is 5.08. The fraction of sp³-hybridized carbons (Fsp3) is 0.571. The largest absolute Gasteiger partial charge is 0.448 e. The minimum atomic E-state index is -0.498. The molecule has 0 bridgehead atoms. The van der Waals surface area contributed by atoms with Crippen molar-refractivity contribution in [3.63, 3.8) is 0 Å². The third kappa shape index (κ3) is 4.61. The van der Waals surface area contributed by atoms with Gasteiger partial charge in [0.15, 0.2) is 0 Å². The maximum absolute atomic E-state index is 11.7. The molecule has 0 saturated heterocycles. The highest BCUT2D eigenvalue weighted by Gasteiger charge is 2.23. The van der Waals surface area contributed by atoms with Crippen LogP contribution in [0.3, 0.4) is 0 Å². The van der Waals surface area contributed by atoms with E-state index in [0.717, 1.165) is 10.6 Å². The van der Waals surface area contributed by atoms with E-state index in [-0.39, 0.29) is 5.41 Å². The Hall–Kier alpha value is -1.16. The second kappa shape index (κ2) is 6.14. The zero-order chi connectivity index (χ0) is 13.8. The zero-order valence-electron chi connectivity index (χ0n) is 11.7. The van der Waals surface area contributed by atoms with Crippen molar-refractivity contribution in [1.29, 1.82) is 0 Å². The summed E-state index contributed by atoms with van der Waals surface area (Å²) in [7, 11) is 0. The quantitative estimate of drug-likeness (QED) is 0.762. The molecule has 0 aliphatic rings. The van der Waals surface area contributed by atoms with E-state index in [0.29, 0.717) is 12.5 Å². The van der Waals surface area contributed by atoms with Crippen LogP contribution >= 0.6 is 11.3 Å². The summed E-state index contributed by atoms with van der Waals surface area (Å²) < 4.78 is 5.11. The molecule has 4 heteroatoms. The van der Waals surface area contributed by atoms with Gasteiger partial charge in [-0.3, -0.25) is 0 Å². The van der Waals surface area contributed by atoms with Crippen LogP contribution in [-0.4, -0.2) is 18.4 Å². The lowest BCUT2D eigenvalue weighted by atomic mass is 9.89. The van der Waals surface area contributed by atoms with Gasteiger partial charge in [-0.05, 0) is 17.4 Å². The lowest BCUT2D eigenvalue weighted by molar-refractivity contribution is 0.143. The van der Waals surface area contributed by atoms with Crippen LogP contribution in [0.15, 0.2) is 22.5 Å². The van der Waals surface area contributed by atoms with Crippen molar-refractivity contribution in [3.05, 3.63) is 22.4 Å². The first-order chi connectivity index (χ1) is 8.30. The average Bonchev–Trinajstić information content (AvgIpc) is 2.74. The first-order valence-electron chi connectivity index (χ1n) is 6.10. The molecule has 0 aliphatic carbocycles. The number of carbonyl (C=O) groups is 1. The van der Waals surface area contributed by atoms with Crippen molar-refractivity contribution in [2.45, 2.75) is 34.6 Å². The highest BCUT2D eigenvalue weighted by molar-refractivity contribution is 7.12. The Bertz CT molecular complexity index is 414. The van der Waals surface area contributed by atoms with E-state index in [9.17, 15) is 4.79 Å². The summed E-state index contributed by atoms with van der Waals surface area (Å²) in [4.78, 5) is 16.8. The Morgan fingerprint density at radius 2 is 2.11 bits per heavy atom. The molecule has 1 aromatic rings. The lowest BCUT2D eigenvalue weighted by Crippen LogP contribution is -2.22. The van der Waals surface area contributed by atoms with Crippen molar-refractivity contribution in [2.24, 2.45) is 16.3 Å². The van der Waals surface area contributed by atoms with E-state index in [1.165, 1.54) is 0 Å². The first-order valence-corrected chi connectivity index (χ1v) is 6.98. The van der Waals surface area contributed by atoms with E-state index in [1.807, 2.05) is 52.1 Å². The molecule has 0 saturated carbocycles. The second-order valence-corrected chi connectivity index (χ2v) is 6.61. The normalized spacial score (nSPS) is 12.9. The molecule has 1 heterocycles. The molecule has 3 nitrogen and oxygen atoms in total. The van der Waals surface area contributed by atoms with Crippen molar-refractivity contribution < 1.29 is 9.53 Å². The third-order valence-electron chi connectivity index (χ3n) is 2.21. The third-order valence-corrected chi connectivity index (χ3v) is 3.08. The fourth-order valence-corrected chi connectivity index (χ4v) is 2.29. The van der Waals surface area contributed by atoms with Gasteiger partial charge < -0.3 is 4.74 Å². The molecule has 1 amide bonds. The summed E-state index contributed by atoms with van der Waals surface area (Å²) >= 11 is 1.59. The highest BCUT2D eigenvalue weighted by atomic mass is 32.1. The van der Waals surface area contributed by atoms with Crippen molar-refractivity contribution >= 4 is 23.1 Å². The Morgan fingerprint density at radius 1 is 1.44 bits per heavy atom. The summed E-state index contributed by atoms with van der Waals surface area (Å²) in [6.07, 6.45) is -0.498. The maximum atomic E-state index is 11.7. The molecule has 0 aromatic carbocycles. The SMILES string of the molecule is CC(C)COC(=O)N=C(c1cccs1)C(C)(C)C. The maximum Gasteiger partial charge on any atom is 0.433 e. The van der Waals surface area contributed by atoms with Crippen molar-refractivity contribution in [2.75, 3.05) is 6.61 Å². The standard InChI is InChI=1S/C14H21NO2S/c1-10(2)9-17-13(16)15-12(14(3,4)5)11-7-6-8-18-11/h6-8,10H,9H2,1-5H3. The molecule has 0 aliphatic heterocycles. The second-order valence-electron chi connectivity index (χ2n) is 5.66. The highest BCUT2D eigenvalue weighted by Crippen LogP contribution is 2.25. The van der Waals surface area contributed by atoms with Gasteiger partial charge in [0.25, 0.3) is 0 Å². The average molecular weight is 267 g/mol. The summed E-state index contributed by atoms with van der Waals surface area (Å²) in [6.45, 7) is 10.5. The van der Waals surface area contributed by atoms with Crippen LogP contribution in [0.1, 0.15) is 39.5 Å². The zero-order valence-corrected chi connectivity index (χ0v) is 12.5. The summed E-state index contributed by atoms with van der Waals surface area (Å²) in [6, 6.07) is 3.94. The van der Waals surface area contributed by atoms with Gasteiger partial charge in [0, 0.05) is 10.3 Å². The predicted octanol–water partition coefficient (Wildman–Crippen LogP) is 4.38. The van der Waals surface area contributed by atoms with Crippen LogP contribution < -0.4 is 0 Å². The summed E-state index contributed by atoms with van der Waals surface area (Å²) in [5.41, 5.74) is 0.605. The number of hydrogen-bond acceptors (Lipinski definition) is 3. The molecule has 1 rings (SSSR count). The summed E-state index contributed by atoms with van der Waals surface area (Å²) in [5, 5.41) is 1.98. The van der Waals surface area contributed by atoms with E-state index >= 15 is 0 Å². The van der Waals surface area contributed by atoms with Crippen LogP contribution in [0, 0.1) is 11.3 Å². The Morgan fingerprint density at radius 3 is 2.56 bits per heavy atom. The van der Waals surface area contributed by atoms with Crippen LogP contribution in [0.4, 0.5) is 4.79 Å². The molecule has 100 valence electrons. The number of carbonyl (C=O) groups excluding carboxylic acids is 1. The lowest BCUT2D eigenvalue weighted by Gasteiger charge is -2.20. The molecule has 0 N–H and O–H groups in total. The number of aliphatic imine (C=N–C) groups is 1. The molecular formula is C14H21NO2S. The monoisotopic (exact) mass is 267 g/mol. The predicted molar refractivity (Wildman–Crippen MR) is 76.5 cm³/mol. The van der Waals surface area contributed by atoms with Crippen LogP contribution in [0.25, 0.3) is 0 Å². The molecule has 18 heavy (non-hydrogen) atoms. The number of thiophene rings is 1. The van der Waals surface area contributed by atoms with E-state index < -0.39 is 6.09 Å². The van der Waals surface area contributed by atoms with Gasteiger partial charge in [-0.1, -0.05) is 40.7 Å². The number of hydrogen-bond donors (Lipinski definition) is 0. The molecule has 0 radical (unpaired) electrons.